The zero-order chi connectivity index (χ0) is 14.8. The number of nitrogens with two attached hydrogens (primary N) is 1. The van der Waals surface area contributed by atoms with E-state index >= 15 is 0 Å². The third kappa shape index (κ3) is 3.14. The molecular weight excluding hydrogens is 270 g/mol. The molecule has 0 radical (unpaired) electrons. The molecule has 1 aromatic rings. The maximum Gasteiger partial charge on any atom is 0.329 e. The van der Waals surface area contributed by atoms with Crippen LogP contribution in [0.15, 0.2) is 6.07 Å². The van der Waals surface area contributed by atoms with Gasteiger partial charge in [0.05, 0.1) is 7.11 Å². The van der Waals surface area contributed by atoms with Crippen LogP contribution in [0.25, 0.3) is 0 Å². The minimum atomic E-state index is -1.73. The molecule has 0 saturated heterocycles. The monoisotopic (exact) mass is 281 g/mol. The smallest absolute Gasteiger partial charge is 0.329 e. The van der Waals surface area contributed by atoms with E-state index in [9.17, 15) is 22.4 Å². The van der Waals surface area contributed by atoms with Gasteiger partial charge < -0.3 is 15.2 Å². The van der Waals surface area contributed by atoms with Gasteiger partial charge in [-0.25, -0.2) is 13.6 Å². The molecule has 0 fully saturated rings. The summed E-state index contributed by atoms with van der Waals surface area (Å²) >= 11 is 0. The quantitative estimate of drug-likeness (QED) is 0.516. The molecule has 0 aliphatic heterocycles. The lowest BCUT2D eigenvalue weighted by Gasteiger charge is -2.21. The van der Waals surface area contributed by atoms with E-state index in [2.05, 4.69) is 9.47 Å². The average molecular weight is 281 g/mol. The van der Waals surface area contributed by atoms with Crippen molar-refractivity contribution in [2.45, 2.75) is 12.5 Å². The van der Waals surface area contributed by atoms with Crippen molar-refractivity contribution in [3.63, 3.8) is 0 Å². The van der Waals surface area contributed by atoms with Gasteiger partial charge in [0.2, 0.25) is 11.6 Å². The zero-order valence-corrected chi connectivity index (χ0v) is 10.1. The second-order valence-electron chi connectivity index (χ2n) is 4.00. The number of benzene rings is 1. The van der Waals surface area contributed by atoms with Gasteiger partial charge in [-0.05, 0) is 6.92 Å². The molecule has 0 aliphatic rings. The van der Waals surface area contributed by atoms with Gasteiger partial charge >= 0.3 is 5.97 Å². The number of hydrogen-bond acceptors (Lipinski definition) is 4. The molecule has 8 heteroatoms. The van der Waals surface area contributed by atoms with Crippen LogP contribution >= 0.6 is 0 Å². The van der Waals surface area contributed by atoms with Gasteiger partial charge in [-0.1, -0.05) is 0 Å². The largest absolute Gasteiger partial charge is 0.485 e. The molecule has 0 heterocycles. The molecular formula is C11H11F4NO3. The highest BCUT2D eigenvalue weighted by Gasteiger charge is 2.32. The lowest BCUT2D eigenvalue weighted by molar-refractivity contribution is -0.147. The van der Waals surface area contributed by atoms with Crippen LogP contribution in [0.3, 0.4) is 0 Å². The van der Waals surface area contributed by atoms with Gasteiger partial charge in [0, 0.05) is 6.07 Å². The van der Waals surface area contributed by atoms with Crippen molar-refractivity contribution in [1.82, 2.24) is 0 Å². The van der Waals surface area contributed by atoms with Crippen LogP contribution in [-0.4, -0.2) is 25.2 Å². The van der Waals surface area contributed by atoms with E-state index < -0.39 is 47.1 Å². The summed E-state index contributed by atoms with van der Waals surface area (Å²) in [4.78, 5) is 11.2. The second kappa shape index (κ2) is 5.43. The molecule has 1 aromatic carbocycles. The Labute approximate surface area is 106 Å². The third-order valence-corrected chi connectivity index (χ3v) is 2.24. The Bertz CT molecular complexity index is 479. The molecule has 2 N–H and O–H groups in total. The van der Waals surface area contributed by atoms with E-state index in [4.69, 9.17) is 5.73 Å². The van der Waals surface area contributed by atoms with Gasteiger partial charge in [0.1, 0.15) is 12.1 Å². The predicted octanol–water partition coefficient (Wildman–Crippen LogP) is 1.51. The van der Waals surface area contributed by atoms with Crippen molar-refractivity contribution in [1.29, 1.82) is 0 Å². The van der Waals surface area contributed by atoms with Crippen molar-refractivity contribution in [2.24, 2.45) is 5.73 Å². The number of halogens is 4. The van der Waals surface area contributed by atoms with E-state index in [0.29, 0.717) is 0 Å². The summed E-state index contributed by atoms with van der Waals surface area (Å²) in [6.45, 7) is 0.445. The number of carbonyl (C=O) groups is 1. The van der Waals surface area contributed by atoms with E-state index in [-0.39, 0.29) is 6.07 Å². The first-order chi connectivity index (χ1) is 8.70. The molecule has 0 bridgehead atoms. The highest BCUT2D eigenvalue weighted by atomic mass is 19.2. The van der Waals surface area contributed by atoms with E-state index in [1.165, 1.54) is 6.92 Å². The summed E-state index contributed by atoms with van der Waals surface area (Å²) in [5.41, 5.74) is 3.74. The van der Waals surface area contributed by atoms with Crippen molar-refractivity contribution in [3.8, 4) is 5.75 Å². The van der Waals surface area contributed by atoms with Gasteiger partial charge in [-0.2, -0.15) is 8.78 Å². The Hall–Kier alpha value is -1.83. The maximum absolute atomic E-state index is 13.2. The van der Waals surface area contributed by atoms with Crippen LogP contribution in [-0.2, 0) is 9.53 Å². The van der Waals surface area contributed by atoms with Crippen molar-refractivity contribution < 1.29 is 31.8 Å². The predicted molar refractivity (Wildman–Crippen MR) is 56.4 cm³/mol. The second-order valence-corrected chi connectivity index (χ2v) is 4.00. The van der Waals surface area contributed by atoms with Crippen LogP contribution in [0.4, 0.5) is 17.6 Å². The fourth-order valence-corrected chi connectivity index (χ4v) is 1.19. The van der Waals surface area contributed by atoms with Crippen LogP contribution in [0.2, 0.25) is 0 Å². The molecule has 4 nitrogen and oxygen atoms in total. The van der Waals surface area contributed by atoms with Gasteiger partial charge in [-0.15, -0.1) is 0 Å². The van der Waals surface area contributed by atoms with Crippen molar-refractivity contribution in [3.05, 3.63) is 29.3 Å². The number of rotatable bonds is 4. The normalized spacial score (nSPS) is 13.8. The van der Waals surface area contributed by atoms with Gasteiger partial charge in [0.15, 0.2) is 17.4 Å². The van der Waals surface area contributed by atoms with E-state index in [1.54, 1.807) is 0 Å². The van der Waals surface area contributed by atoms with Gasteiger partial charge in [-0.3, -0.25) is 0 Å². The molecule has 0 saturated carbocycles. The molecule has 19 heavy (non-hydrogen) atoms. The molecule has 0 spiro atoms. The number of hydrogen-bond donors (Lipinski definition) is 1. The summed E-state index contributed by atoms with van der Waals surface area (Å²) in [7, 11) is 1.05. The Kier molecular flexibility index (Phi) is 4.35. The van der Waals surface area contributed by atoms with Crippen LogP contribution in [0.5, 0.6) is 5.75 Å². The van der Waals surface area contributed by atoms with Crippen molar-refractivity contribution in [2.75, 3.05) is 13.7 Å². The average Bonchev–Trinajstić information content (AvgIpc) is 2.35. The first kappa shape index (κ1) is 15.2. The first-order valence-electron chi connectivity index (χ1n) is 5.03. The topological polar surface area (TPSA) is 61.5 Å². The fraction of sp³-hybridized carbons (Fsp3) is 0.364. The van der Waals surface area contributed by atoms with Crippen LogP contribution < -0.4 is 10.5 Å². The van der Waals surface area contributed by atoms with E-state index in [1.807, 2.05) is 0 Å². The highest BCUT2D eigenvalue weighted by Crippen LogP contribution is 2.27. The number of methoxy groups -OCH3 is 1. The summed E-state index contributed by atoms with van der Waals surface area (Å²) in [6.07, 6.45) is 0. The molecule has 0 amide bonds. The van der Waals surface area contributed by atoms with Crippen LogP contribution in [0.1, 0.15) is 6.92 Å². The van der Waals surface area contributed by atoms with Gasteiger partial charge in [0.25, 0.3) is 0 Å². The summed E-state index contributed by atoms with van der Waals surface area (Å²) in [6, 6.07) is 0.0411. The first-order valence-corrected chi connectivity index (χ1v) is 5.03. The molecule has 0 aromatic heterocycles. The minimum Gasteiger partial charge on any atom is -0.485 e. The van der Waals surface area contributed by atoms with Crippen molar-refractivity contribution >= 4 is 5.97 Å². The Morgan fingerprint density at radius 3 is 2.16 bits per heavy atom. The highest BCUT2D eigenvalue weighted by molar-refractivity contribution is 5.80. The maximum atomic E-state index is 13.2. The standard InChI is InChI=1S/C11H11F4NO3/c1-11(16,10(17)18-2)4-19-9-7(14)5(12)3-6(13)8(9)15/h3H,4,16H2,1-2H3. The summed E-state index contributed by atoms with van der Waals surface area (Å²) < 4.78 is 61.1. The molecule has 106 valence electrons. The number of esters is 1. The third-order valence-electron chi connectivity index (χ3n) is 2.24. The molecule has 0 aliphatic carbocycles. The summed E-state index contributed by atoms with van der Waals surface area (Å²) in [5.74, 6) is -8.85. The molecule has 1 atom stereocenters. The Morgan fingerprint density at radius 1 is 1.26 bits per heavy atom. The fourth-order valence-electron chi connectivity index (χ4n) is 1.19. The summed E-state index contributed by atoms with van der Waals surface area (Å²) in [5, 5.41) is 0. The zero-order valence-electron chi connectivity index (χ0n) is 10.1. The van der Waals surface area contributed by atoms with Crippen LogP contribution in [0, 0.1) is 23.3 Å². The van der Waals surface area contributed by atoms with E-state index in [0.717, 1.165) is 7.11 Å². The Morgan fingerprint density at radius 2 is 1.74 bits per heavy atom. The SMILES string of the molecule is COC(=O)C(C)(N)COc1c(F)c(F)cc(F)c1F. The number of carbonyl (C=O) groups excluding carboxylic acids is 1. The lowest BCUT2D eigenvalue weighted by Crippen LogP contribution is -2.50. The number of ether oxygens (including phenoxy) is 2. The molecule has 1 rings (SSSR count). The lowest BCUT2D eigenvalue weighted by atomic mass is 10.1. The minimum absolute atomic E-state index is 0.0411. The Balaban J connectivity index is 2.99. The molecule has 1 unspecified atom stereocenters.